The molecular formula is C18H21NO2. The lowest BCUT2D eigenvalue weighted by Crippen LogP contribution is -2.30. The molecule has 21 heavy (non-hydrogen) atoms. The normalized spacial score (nSPS) is 24.3. The van der Waals surface area contributed by atoms with Gasteiger partial charge < -0.3 is 9.64 Å². The summed E-state index contributed by atoms with van der Waals surface area (Å²) in [4.78, 5) is 14.4. The Balaban J connectivity index is 1.84. The summed E-state index contributed by atoms with van der Waals surface area (Å²) >= 11 is 0. The Labute approximate surface area is 125 Å². The van der Waals surface area contributed by atoms with Crippen LogP contribution in [0.15, 0.2) is 23.8 Å². The lowest BCUT2D eigenvalue weighted by atomic mass is 9.90. The number of fused-ring (bicyclic) bond motifs is 2. The molecule has 3 aliphatic rings. The Hall–Kier alpha value is -1.77. The first-order valence-electron chi connectivity index (χ1n) is 7.99. The van der Waals surface area contributed by atoms with E-state index in [2.05, 4.69) is 17.0 Å². The quantitative estimate of drug-likeness (QED) is 0.828. The maximum atomic E-state index is 12.3. The van der Waals surface area contributed by atoms with Crippen LogP contribution in [0.5, 0.6) is 5.75 Å². The van der Waals surface area contributed by atoms with Gasteiger partial charge in [0.25, 0.3) is 0 Å². The summed E-state index contributed by atoms with van der Waals surface area (Å²) in [6, 6.07) is 6.56. The van der Waals surface area contributed by atoms with Crippen LogP contribution in [0.1, 0.15) is 55.7 Å². The van der Waals surface area contributed by atoms with E-state index in [1.807, 2.05) is 6.07 Å². The standard InChI is InChI=1S/C18H21NO2/c1-21-12-8-9-14-13-5-2-3-6-15(13)18(16(14)11-12)19-10-4-7-17(19)20/h8-9,11,18H,2-7,10H2,1H3. The number of rotatable bonds is 2. The number of likely N-dealkylation sites (tertiary alicyclic amines) is 1. The van der Waals surface area contributed by atoms with Crippen LogP contribution < -0.4 is 4.74 Å². The zero-order valence-corrected chi connectivity index (χ0v) is 12.5. The van der Waals surface area contributed by atoms with E-state index in [4.69, 9.17) is 4.74 Å². The molecule has 1 amide bonds. The first-order chi connectivity index (χ1) is 10.3. The largest absolute Gasteiger partial charge is 0.497 e. The van der Waals surface area contributed by atoms with Gasteiger partial charge >= 0.3 is 0 Å². The zero-order chi connectivity index (χ0) is 14.4. The fraction of sp³-hybridized carbons (Fsp3) is 0.500. The summed E-state index contributed by atoms with van der Waals surface area (Å²) in [5, 5.41) is 0. The van der Waals surface area contributed by atoms with Crippen molar-refractivity contribution in [2.24, 2.45) is 0 Å². The van der Waals surface area contributed by atoms with Gasteiger partial charge in [-0.2, -0.15) is 0 Å². The third kappa shape index (κ3) is 1.90. The van der Waals surface area contributed by atoms with Crippen molar-refractivity contribution < 1.29 is 9.53 Å². The second kappa shape index (κ2) is 4.90. The molecule has 4 rings (SSSR count). The van der Waals surface area contributed by atoms with Crippen molar-refractivity contribution in [3.8, 4) is 5.75 Å². The molecule has 1 aromatic carbocycles. The monoisotopic (exact) mass is 283 g/mol. The van der Waals surface area contributed by atoms with Gasteiger partial charge in [-0.15, -0.1) is 0 Å². The van der Waals surface area contributed by atoms with Crippen molar-refractivity contribution in [1.82, 2.24) is 4.90 Å². The van der Waals surface area contributed by atoms with E-state index in [9.17, 15) is 4.79 Å². The molecule has 1 aliphatic heterocycles. The van der Waals surface area contributed by atoms with Gasteiger partial charge in [0.1, 0.15) is 5.75 Å². The van der Waals surface area contributed by atoms with Gasteiger partial charge in [-0.05, 0) is 66.5 Å². The van der Waals surface area contributed by atoms with E-state index in [1.54, 1.807) is 7.11 Å². The molecule has 0 spiro atoms. The third-order valence-electron chi connectivity index (χ3n) is 5.14. The van der Waals surface area contributed by atoms with Crippen LogP contribution in [0.3, 0.4) is 0 Å². The highest BCUT2D eigenvalue weighted by Crippen LogP contribution is 2.51. The van der Waals surface area contributed by atoms with Gasteiger partial charge in [0.15, 0.2) is 0 Å². The smallest absolute Gasteiger partial charge is 0.223 e. The molecule has 1 heterocycles. The lowest BCUT2D eigenvalue weighted by Gasteiger charge is -2.29. The Kier molecular flexibility index (Phi) is 3.02. The van der Waals surface area contributed by atoms with Crippen molar-refractivity contribution in [2.45, 2.75) is 44.6 Å². The number of benzene rings is 1. The molecule has 110 valence electrons. The molecule has 3 nitrogen and oxygen atoms in total. The minimum Gasteiger partial charge on any atom is -0.497 e. The van der Waals surface area contributed by atoms with Crippen LogP contribution in [-0.4, -0.2) is 24.5 Å². The fourth-order valence-electron chi connectivity index (χ4n) is 4.19. The number of amides is 1. The van der Waals surface area contributed by atoms with E-state index in [0.717, 1.165) is 31.6 Å². The first kappa shape index (κ1) is 12.9. The van der Waals surface area contributed by atoms with Crippen LogP contribution in [-0.2, 0) is 4.79 Å². The van der Waals surface area contributed by atoms with Gasteiger partial charge in [-0.1, -0.05) is 6.07 Å². The van der Waals surface area contributed by atoms with Crippen molar-refractivity contribution in [3.05, 3.63) is 34.9 Å². The average Bonchev–Trinajstić information content (AvgIpc) is 3.07. The van der Waals surface area contributed by atoms with Gasteiger partial charge in [0.2, 0.25) is 5.91 Å². The van der Waals surface area contributed by atoms with E-state index >= 15 is 0 Å². The van der Waals surface area contributed by atoms with Gasteiger partial charge in [0, 0.05) is 13.0 Å². The van der Waals surface area contributed by atoms with Crippen LogP contribution >= 0.6 is 0 Å². The third-order valence-corrected chi connectivity index (χ3v) is 5.14. The number of allylic oxidation sites excluding steroid dienone is 1. The highest BCUT2D eigenvalue weighted by atomic mass is 16.5. The topological polar surface area (TPSA) is 29.5 Å². The molecule has 1 atom stereocenters. The Morgan fingerprint density at radius 3 is 2.76 bits per heavy atom. The molecule has 1 saturated heterocycles. The fourth-order valence-corrected chi connectivity index (χ4v) is 4.19. The maximum Gasteiger partial charge on any atom is 0.223 e. The van der Waals surface area contributed by atoms with E-state index in [0.29, 0.717) is 12.3 Å². The van der Waals surface area contributed by atoms with Crippen molar-refractivity contribution in [1.29, 1.82) is 0 Å². The average molecular weight is 283 g/mol. The molecule has 2 aliphatic carbocycles. The van der Waals surface area contributed by atoms with E-state index < -0.39 is 0 Å². The van der Waals surface area contributed by atoms with Crippen molar-refractivity contribution in [3.63, 3.8) is 0 Å². The zero-order valence-electron chi connectivity index (χ0n) is 12.5. The van der Waals surface area contributed by atoms with Crippen molar-refractivity contribution >= 4 is 11.5 Å². The van der Waals surface area contributed by atoms with Crippen LogP contribution in [0.25, 0.3) is 5.57 Å². The Morgan fingerprint density at radius 2 is 2.00 bits per heavy atom. The summed E-state index contributed by atoms with van der Waals surface area (Å²) < 4.78 is 5.41. The van der Waals surface area contributed by atoms with Crippen LogP contribution in [0.2, 0.25) is 0 Å². The van der Waals surface area contributed by atoms with Crippen LogP contribution in [0.4, 0.5) is 0 Å². The van der Waals surface area contributed by atoms with Gasteiger partial charge in [-0.25, -0.2) is 0 Å². The molecule has 0 N–H and O–H groups in total. The molecule has 1 aromatic rings. The highest BCUT2D eigenvalue weighted by Gasteiger charge is 2.39. The minimum atomic E-state index is 0.181. The van der Waals surface area contributed by atoms with E-state index in [-0.39, 0.29) is 6.04 Å². The predicted molar refractivity (Wildman–Crippen MR) is 82.1 cm³/mol. The molecule has 1 unspecified atom stereocenters. The number of nitrogens with zero attached hydrogens (tertiary/aromatic N) is 1. The summed E-state index contributed by atoms with van der Waals surface area (Å²) in [7, 11) is 1.71. The maximum absolute atomic E-state index is 12.3. The molecule has 1 fully saturated rings. The van der Waals surface area contributed by atoms with Crippen molar-refractivity contribution in [2.75, 3.05) is 13.7 Å². The summed E-state index contributed by atoms with van der Waals surface area (Å²) in [6.07, 6.45) is 6.52. The molecular weight excluding hydrogens is 262 g/mol. The van der Waals surface area contributed by atoms with Gasteiger partial charge in [0.05, 0.1) is 13.2 Å². The number of carbonyl (C=O) groups excluding carboxylic acids is 1. The summed E-state index contributed by atoms with van der Waals surface area (Å²) in [6.45, 7) is 0.900. The summed E-state index contributed by atoms with van der Waals surface area (Å²) in [5.74, 6) is 1.21. The summed E-state index contributed by atoms with van der Waals surface area (Å²) in [5.41, 5.74) is 5.65. The number of hydrogen-bond donors (Lipinski definition) is 0. The minimum absolute atomic E-state index is 0.181. The molecule has 0 bridgehead atoms. The SMILES string of the molecule is COc1ccc2c(c1)C(N1CCCC1=O)C1=C2CCCC1. The molecule has 3 heteroatoms. The van der Waals surface area contributed by atoms with Gasteiger partial charge in [-0.3, -0.25) is 4.79 Å². The molecule has 0 saturated carbocycles. The van der Waals surface area contributed by atoms with E-state index in [1.165, 1.54) is 35.1 Å². The molecule has 0 aromatic heterocycles. The number of carbonyl (C=O) groups is 1. The van der Waals surface area contributed by atoms with Crippen LogP contribution in [0, 0.1) is 0 Å². The second-order valence-electron chi connectivity index (χ2n) is 6.26. The lowest BCUT2D eigenvalue weighted by molar-refractivity contribution is -0.129. The predicted octanol–water partition coefficient (Wildman–Crippen LogP) is 3.70. The Morgan fingerprint density at radius 1 is 1.14 bits per heavy atom. The number of ether oxygens (including phenoxy) is 1. The first-order valence-corrected chi connectivity index (χ1v) is 7.99. The highest BCUT2D eigenvalue weighted by molar-refractivity contribution is 5.84. The number of hydrogen-bond acceptors (Lipinski definition) is 2. The number of methoxy groups -OCH3 is 1. The second-order valence-corrected chi connectivity index (χ2v) is 6.26. The Bertz CT molecular complexity index is 632. The molecule has 0 radical (unpaired) electrons.